The van der Waals surface area contributed by atoms with Crippen molar-refractivity contribution in [3.8, 4) is 33.6 Å². The molecule has 0 radical (unpaired) electrons. The lowest BCUT2D eigenvalue weighted by Gasteiger charge is -2.32. The number of pyridine rings is 3. The minimum absolute atomic E-state index is 0.557. The quantitative estimate of drug-likeness (QED) is 0.177. The average Bonchev–Trinajstić information content (AvgIpc) is 3.92. The molecule has 57 heavy (non-hydrogen) atoms. The Bertz CT molecular complexity index is 3230. The second-order valence-corrected chi connectivity index (χ2v) is 14.8. The monoisotopic (exact) mass is 727 g/mol. The molecule has 0 aliphatic heterocycles. The van der Waals surface area contributed by atoms with Crippen molar-refractivity contribution in [1.82, 2.24) is 24.1 Å². The second-order valence-electron chi connectivity index (χ2n) is 14.8. The molecule has 5 aromatic heterocycles. The van der Waals surface area contributed by atoms with E-state index in [9.17, 15) is 0 Å². The number of para-hydroxylation sites is 1. The molecule has 0 saturated heterocycles. The molecule has 0 bridgehead atoms. The summed E-state index contributed by atoms with van der Waals surface area (Å²) in [4.78, 5) is 14.3. The fraction of sp³-hybridized carbons (Fsp3) is 0.0192. The van der Waals surface area contributed by atoms with E-state index in [4.69, 9.17) is 4.98 Å². The Morgan fingerprint density at radius 3 is 1.53 bits per heavy atom. The lowest BCUT2D eigenvalue weighted by Crippen LogP contribution is -2.29. The maximum absolute atomic E-state index is 5.49. The zero-order valence-corrected chi connectivity index (χ0v) is 30.8. The molecule has 1 aliphatic rings. The molecule has 1 aliphatic carbocycles. The van der Waals surface area contributed by atoms with Crippen LogP contribution in [-0.2, 0) is 5.41 Å². The Labute approximate surface area is 328 Å². The van der Waals surface area contributed by atoms with E-state index in [1.165, 1.54) is 38.6 Å². The van der Waals surface area contributed by atoms with Gasteiger partial charge in [-0.2, -0.15) is 0 Å². The number of hydrogen-bond acceptors (Lipinski definition) is 3. The van der Waals surface area contributed by atoms with Crippen LogP contribution < -0.4 is 0 Å². The van der Waals surface area contributed by atoms with Gasteiger partial charge in [0.05, 0.1) is 39.4 Å². The van der Waals surface area contributed by atoms with Gasteiger partial charge in [-0.25, -0.2) is 0 Å². The van der Waals surface area contributed by atoms with E-state index >= 15 is 0 Å². The minimum Gasteiger partial charge on any atom is -0.309 e. The zero-order valence-electron chi connectivity index (χ0n) is 30.8. The van der Waals surface area contributed by atoms with E-state index in [0.717, 1.165) is 61.0 Å². The average molecular weight is 728 g/mol. The largest absolute Gasteiger partial charge is 0.309 e. The number of hydrogen-bond donors (Lipinski definition) is 0. The van der Waals surface area contributed by atoms with Gasteiger partial charge in [0.1, 0.15) is 0 Å². The van der Waals surface area contributed by atoms with Gasteiger partial charge < -0.3 is 9.13 Å². The lowest BCUT2D eigenvalue weighted by atomic mass is 9.69. The van der Waals surface area contributed by atoms with E-state index in [1.807, 2.05) is 24.8 Å². The number of rotatable bonds is 5. The van der Waals surface area contributed by atoms with E-state index in [1.54, 1.807) is 0 Å². The van der Waals surface area contributed by atoms with Crippen LogP contribution in [0.1, 0.15) is 22.4 Å². The predicted molar refractivity (Wildman–Crippen MR) is 231 cm³/mol. The van der Waals surface area contributed by atoms with Gasteiger partial charge in [0.15, 0.2) is 0 Å². The summed E-state index contributed by atoms with van der Waals surface area (Å²) in [7, 11) is 0. The highest BCUT2D eigenvalue weighted by Crippen LogP contribution is 2.58. The zero-order chi connectivity index (χ0) is 37.5. The molecule has 0 saturated carbocycles. The summed E-state index contributed by atoms with van der Waals surface area (Å²) in [5.41, 5.74) is 15.6. The molecule has 0 atom stereocenters. The second kappa shape index (κ2) is 12.2. The van der Waals surface area contributed by atoms with Crippen molar-refractivity contribution in [2.24, 2.45) is 0 Å². The molecule has 0 fully saturated rings. The number of nitrogens with zero attached hydrogens (tertiary/aromatic N) is 5. The molecule has 266 valence electrons. The minimum atomic E-state index is -0.557. The normalized spacial score (nSPS) is 13.1. The summed E-state index contributed by atoms with van der Waals surface area (Å²) in [6.07, 6.45) is 9.65. The highest BCUT2D eigenvalue weighted by atomic mass is 15.0. The highest BCUT2D eigenvalue weighted by molar-refractivity contribution is 6.18. The summed E-state index contributed by atoms with van der Waals surface area (Å²) in [6.45, 7) is 0. The van der Waals surface area contributed by atoms with E-state index in [0.29, 0.717) is 0 Å². The molecule has 0 N–H and O–H groups in total. The Balaban J connectivity index is 1.01. The highest BCUT2D eigenvalue weighted by Gasteiger charge is 2.48. The molecule has 5 nitrogen and oxygen atoms in total. The van der Waals surface area contributed by atoms with Crippen LogP contribution in [0.4, 0.5) is 0 Å². The Hall–Kier alpha value is -7.63. The van der Waals surface area contributed by atoms with Crippen LogP contribution in [0.25, 0.3) is 77.2 Å². The maximum Gasteiger partial charge on any atom is 0.0886 e. The maximum atomic E-state index is 5.49. The predicted octanol–water partition coefficient (Wildman–Crippen LogP) is 12.1. The van der Waals surface area contributed by atoms with Gasteiger partial charge in [-0.15, -0.1) is 0 Å². The van der Waals surface area contributed by atoms with Gasteiger partial charge in [0, 0.05) is 63.3 Å². The molecular formula is C52H33N5. The summed E-state index contributed by atoms with van der Waals surface area (Å²) in [5, 5.41) is 4.64. The molecule has 0 unspecified atom stereocenters. The number of aromatic nitrogens is 5. The van der Waals surface area contributed by atoms with Gasteiger partial charge >= 0.3 is 0 Å². The van der Waals surface area contributed by atoms with E-state index in [-0.39, 0.29) is 0 Å². The Kier molecular flexibility index (Phi) is 6.78. The first-order valence-electron chi connectivity index (χ1n) is 19.3. The van der Waals surface area contributed by atoms with Gasteiger partial charge in [-0.3, -0.25) is 15.0 Å². The van der Waals surface area contributed by atoms with Crippen molar-refractivity contribution in [2.75, 3.05) is 0 Å². The van der Waals surface area contributed by atoms with Crippen molar-refractivity contribution < 1.29 is 0 Å². The summed E-state index contributed by atoms with van der Waals surface area (Å²) in [6, 6.07) is 61.4. The SMILES string of the molecule is c1ccc(C2(c3ccccc3)c3ccccc3-c3c2ncc2c3c3ccccc3n2-c2ccc(-c3ccc(-n4c5ccncc5c5cnccc54)cc3)cc2)cc1. The van der Waals surface area contributed by atoms with Crippen LogP contribution in [0.3, 0.4) is 0 Å². The smallest absolute Gasteiger partial charge is 0.0886 e. The van der Waals surface area contributed by atoms with E-state index < -0.39 is 5.41 Å². The number of fused-ring (bicyclic) bond motifs is 10. The topological polar surface area (TPSA) is 48.5 Å². The fourth-order valence-electron chi connectivity index (χ4n) is 9.65. The molecule has 0 amide bonds. The van der Waals surface area contributed by atoms with Crippen molar-refractivity contribution in [1.29, 1.82) is 0 Å². The van der Waals surface area contributed by atoms with Crippen LogP contribution in [0, 0.1) is 0 Å². The third-order valence-corrected chi connectivity index (χ3v) is 12.0. The van der Waals surface area contributed by atoms with Crippen molar-refractivity contribution in [2.45, 2.75) is 5.41 Å². The first kappa shape index (κ1) is 31.7. The van der Waals surface area contributed by atoms with Crippen LogP contribution in [-0.4, -0.2) is 24.1 Å². The number of benzene rings is 6. The molecule has 11 aromatic rings. The third-order valence-electron chi connectivity index (χ3n) is 12.0. The molecule has 5 heteroatoms. The molecule has 5 heterocycles. The third kappa shape index (κ3) is 4.42. The molecule has 6 aromatic carbocycles. The van der Waals surface area contributed by atoms with Gasteiger partial charge in [-0.05, 0) is 75.8 Å². The van der Waals surface area contributed by atoms with Crippen molar-refractivity contribution >= 4 is 43.6 Å². The van der Waals surface area contributed by atoms with Gasteiger partial charge in [0.25, 0.3) is 0 Å². The van der Waals surface area contributed by atoms with Gasteiger partial charge in [-0.1, -0.05) is 127 Å². The molecular weight excluding hydrogens is 695 g/mol. The lowest BCUT2D eigenvalue weighted by molar-refractivity contribution is 0.739. The molecule has 12 rings (SSSR count). The fourth-order valence-corrected chi connectivity index (χ4v) is 9.65. The van der Waals surface area contributed by atoms with Crippen molar-refractivity contribution in [3.63, 3.8) is 0 Å². The van der Waals surface area contributed by atoms with E-state index in [2.05, 4.69) is 195 Å². The molecule has 0 spiro atoms. The Morgan fingerprint density at radius 1 is 0.404 bits per heavy atom. The van der Waals surface area contributed by atoms with Crippen LogP contribution in [0.2, 0.25) is 0 Å². The van der Waals surface area contributed by atoms with Gasteiger partial charge in [0.2, 0.25) is 0 Å². The standard InChI is InChI=1S/C52H33N5/c1-3-11-36(12-4-1)52(37-13-5-2-6-14-37)44-17-9-7-15-40(44)50-49-41-16-8-10-18-45(41)57(48(49)33-55-51(50)52)39-25-21-35(22-26-39)34-19-23-38(24-20-34)56-46-27-29-53-31-42(46)43-32-54-30-28-47(43)56/h1-33H. The first-order chi connectivity index (χ1) is 28.3. The summed E-state index contributed by atoms with van der Waals surface area (Å²) in [5.74, 6) is 0. The summed E-state index contributed by atoms with van der Waals surface area (Å²) < 4.78 is 4.67. The van der Waals surface area contributed by atoms with Crippen LogP contribution in [0.15, 0.2) is 201 Å². The summed E-state index contributed by atoms with van der Waals surface area (Å²) >= 11 is 0. The van der Waals surface area contributed by atoms with Crippen LogP contribution in [0.5, 0.6) is 0 Å². The van der Waals surface area contributed by atoms with Crippen LogP contribution >= 0.6 is 0 Å². The van der Waals surface area contributed by atoms with Crippen molar-refractivity contribution in [3.05, 3.63) is 223 Å². The Morgan fingerprint density at radius 2 is 0.912 bits per heavy atom. The first-order valence-corrected chi connectivity index (χ1v) is 19.3.